The molecular weight excluding hydrogens is 361 g/mol. The van der Waals surface area contributed by atoms with E-state index in [0.29, 0.717) is 21.2 Å². The van der Waals surface area contributed by atoms with Crippen molar-refractivity contribution < 1.29 is 15.0 Å². The van der Waals surface area contributed by atoms with E-state index in [1.165, 1.54) is 12.1 Å². The van der Waals surface area contributed by atoms with E-state index < -0.39 is 12.1 Å². The molecule has 0 spiro atoms. The molecule has 3 unspecified atom stereocenters. The molecule has 1 aliphatic rings. The van der Waals surface area contributed by atoms with Crippen LogP contribution in [0.15, 0.2) is 36.4 Å². The van der Waals surface area contributed by atoms with Crippen LogP contribution in [0.2, 0.25) is 10.0 Å². The highest BCUT2D eigenvalue weighted by Crippen LogP contribution is 2.43. The predicted octanol–water partition coefficient (Wildman–Crippen LogP) is 4.63. The molecule has 3 N–H and O–H groups in total. The number of hydrogen-bond acceptors (Lipinski definition) is 4. The summed E-state index contributed by atoms with van der Waals surface area (Å²) in [7, 11) is 0. The van der Waals surface area contributed by atoms with E-state index >= 15 is 0 Å². The van der Waals surface area contributed by atoms with Gasteiger partial charge in [-0.3, -0.25) is 4.79 Å². The van der Waals surface area contributed by atoms with Gasteiger partial charge in [0.1, 0.15) is 17.3 Å². The van der Waals surface area contributed by atoms with Crippen molar-refractivity contribution in [2.24, 2.45) is 11.8 Å². The largest absolute Gasteiger partial charge is 0.508 e. The molecule has 132 valence electrons. The lowest BCUT2D eigenvalue weighted by molar-refractivity contribution is -0.130. The molecule has 0 aromatic heterocycles. The molecule has 0 amide bonds. The van der Waals surface area contributed by atoms with Crippen molar-refractivity contribution in [1.29, 1.82) is 0 Å². The molecule has 0 radical (unpaired) electrons. The van der Waals surface area contributed by atoms with Crippen LogP contribution in [0.3, 0.4) is 0 Å². The van der Waals surface area contributed by atoms with Gasteiger partial charge >= 0.3 is 0 Å². The third-order valence-corrected chi connectivity index (χ3v) is 5.38. The Hall–Kier alpha value is -1.75. The Labute approximate surface area is 156 Å². The van der Waals surface area contributed by atoms with Crippen LogP contribution in [-0.4, -0.2) is 16.0 Å². The second-order valence-electron chi connectivity index (χ2n) is 6.51. The summed E-state index contributed by atoms with van der Waals surface area (Å²) in [5.74, 6) is -0.503. The fraction of sp³-hybridized carbons (Fsp3) is 0.316. The fourth-order valence-electron chi connectivity index (χ4n) is 3.49. The van der Waals surface area contributed by atoms with Crippen molar-refractivity contribution in [3.05, 3.63) is 57.6 Å². The van der Waals surface area contributed by atoms with Gasteiger partial charge in [-0.15, -0.1) is 0 Å². The van der Waals surface area contributed by atoms with Crippen LogP contribution in [0.5, 0.6) is 11.5 Å². The number of aromatic hydroxyl groups is 2. The number of rotatable bonds is 2. The molecule has 1 aliphatic heterocycles. The Morgan fingerprint density at radius 1 is 0.840 bits per heavy atom. The lowest BCUT2D eigenvalue weighted by Gasteiger charge is -2.40. The van der Waals surface area contributed by atoms with Crippen molar-refractivity contribution in [2.45, 2.75) is 25.9 Å². The van der Waals surface area contributed by atoms with Crippen LogP contribution < -0.4 is 5.32 Å². The van der Waals surface area contributed by atoms with E-state index in [1.807, 2.05) is 13.8 Å². The highest BCUT2D eigenvalue weighted by Gasteiger charge is 2.41. The number of Topliss-reactive ketones (excluding diaryl/α,β-unsaturated/α-hetero) is 1. The number of phenolic OH excluding ortho intramolecular Hbond substituents is 2. The highest BCUT2D eigenvalue weighted by molar-refractivity contribution is 6.31. The maximum absolute atomic E-state index is 12.8. The third-order valence-electron chi connectivity index (χ3n) is 4.91. The quantitative estimate of drug-likeness (QED) is 0.711. The van der Waals surface area contributed by atoms with Gasteiger partial charge in [0.2, 0.25) is 0 Å². The van der Waals surface area contributed by atoms with Gasteiger partial charge in [-0.1, -0.05) is 37.0 Å². The number of carbonyl (C=O) groups is 1. The summed E-state index contributed by atoms with van der Waals surface area (Å²) in [4.78, 5) is 12.8. The SMILES string of the molecule is CC1C(=O)[C@H](C)C(c2cc(Cl)ccc2O)NC1c1cc(Cl)ccc1O. The summed E-state index contributed by atoms with van der Waals surface area (Å²) >= 11 is 12.1. The Balaban J connectivity index is 2.05. The van der Waals surface area contributed by atoms with E-state index in [4.69, 9.17) is 23.2 Å². The van der Waals surface area contributed by atoms with E-state index in [1.54, 1.807) is 24.3 Å². The minimum Gasteiger partial charge on any atom is -0.508 e. The molecule has 4 atom stereocenters. The monoisotopic (exact) mass is 379 g/mol. The normalized spacial score (nSPS) is 26.6. The average Bonchev–Trinajstić information content (AvgIpc) is 2.58. The molecule has 6 heteroatoms. The van der Waals surface area contributed by atoms with Gasteiger partial charge in [-0.2, -0.15) is 0 Å². The van der Waals surface area contributed by atoms with Crippen molar-refractivity contribution in [1.82, 2.24) is 5.32 Å². The number of halogens is 2. The molecule has 4 nitrogen and oxygen atoms in total. The molecule has 25 heavy (non-hydrogen) atoms. The van der Waals surface area contributed by atoms with E-state index in [2.05, 4.69) is 5.32 Å². The zero-order chi connectivity index (χ0) is 18.3. The van der Waals surface area contributed by atoms with Gasteiger partial charge in [0.15, 0.2) is 0 Å². The van der Waals surface area contributed by atoms with Crippen LogP contribution in [0, 0.1) is 11.8 Å². The summed E-state index contributed by atoms with van der Waals surface area (Å²) in [5.41, 5.74) is 1.12. The fourth-order valence-corrected chi connectivity index (χ4v) is 3.85. The van der Waals surface area contributed by atoms with Gasteiger partial charge in [0.05, 0.1) is 0 Å². The molecule has 1 heterocycles. The van der Waals surface area contributed by atoms with Gasteiger partial charge in [0, 0.05) is 45.1 Å². The Morgan fingerprint density at radius 2 is 1.24 bits per heavy atom. The maximum Gasteiger partial charge on any atom is 0.142 e. The van der Waals surface area contributed by atoms with Gasteiger partial charge in [-0.05, 0) is 36.4 Å². The number of ketones is 1. The van der Waals surface area contributed by atoms with Crippen molar-refractivity contribution in [3.8, 4) is 11.5 Å². The summed E-state index contributed by atoms with van der Waals surface area (Å²) in [6, 6.07) is 8.68. The number of carbonyl (C=O) groups excluding carboxylic acids is 1. The number of nitrogens with one attached hydrogen (secondary N) is 1. The van der Waals surface area contributed by atoms with Crippen LogP contribution in [0.25, 0.3) is 0 Å². The van der Waals surface area contributed by atoms with Crippen LogP contribution in [0.4, 0.5) is 0 Å². The smallest absolute Gasteiger partial charge is 0.142 e. The summed E-state index contributed by atoms with van der Waals surface area (Å²) < 4.78 is 0. The average molecular weight is 380 g/mol. The lowest BCUT2D eigenvalue weighted by atomic mass is 9.76. The zero-order valence-electron chi connectivity index (χ0n) is 13.8. The van der Waals surface area contributed by atoms with Gasteiger partial charge < -0.3 is 15.5 Å². The Kier molecular flexibility index (Phi) is 4.96. The standard InChI is InChI=1S/C19H19Cl2NO3/c1-9-17(13-7-11(20)3-5-15(13)23)22-18(10(2)19(9)25)14-8-12(21)4-6-16(14)24/h3-10,17-18,22-24H,1-2H3/t9-,10?,17?,18?/m1/s1. The third kappa shape index (κ3) is 3.34. The number of piperidine rings is 1. The first-order valence-electron chi connectivity index (χ1n) is 8.06. The molecule has 3 rings (SSSR count). The van der Waals surface area contributed by atoms with Crippen molar-refractivity contribution in [2.75, 3.05) is 0 Å². The summed E-state index contributed by atoms with van der Waals surface area (Å²) in [6.45, 7) is 3.65. The number of benzene rings is 2. The van der Waals surface area contributed by atoms with Crippen LogP contribution in [0.1, 0.15) is 37.1 Å². The Morgan fingerprint density at radius 3 is 1.64 bits per heavy atom. The van der Waals surface area contributed by atoms with Crippen LogP contribution in [-0.2, 0) is 4.79 Å². The topological polar surface area (TPSA) is 69.6 Å². The molecule has 2 aromatic rings. The minimum atomic E-state index is -0.425. The van der Waals surface area contributed by atoms with Crippen molar-refractivity contribution >= 4 is 29.0 Å². The summed E-state index contributed by atoms with van der Waals surface area (Å²) in [5, 5.41) is 24.8. The molecule has 0 bridgehead atoms. The van der Waals surface area contributed by atoms with Crippen LogP contribution >= 0.6 is 23.2 Å². The second kappa shape index (κ2) is 6.87. The van der Waals surface area contributed by atoms with E-state index in [-0.39, 0.29) is 29.1 Å². The van der Waals surface area contributed by atoms with E-state index in [9.17, 15) is 15.0 Å². The first-order valence-corrected chi connectivity index (χ1v) is 8.81. The lowest BCUT2D eigenvalue weighted by Crippen LogP contribution is -2.46. The predicted molar refractivity (Wildman–Crippen MR) is 98.2 cm³/mol. The van der Waals surface area contributed by atoms with Gasteiger partial charge in [-0.25, -0.2) is 0 Å². The maximum atomic E-state index is 12.8. The van der Waals surface area contributed by atoms with E-state index in [0.717, 1.165) is 0 Å². The van der Waals surface area contributed by atoms with Crippen molar-refractivity contribution in [3.63, 3.8) is 0 Å². The molecule has 0 saturated carbocycles. The molecule has 2 aromatic carbocycles. The first kappa shape index (κ1) is 18.1. The summed E-state index contributed by atoms with van der Waals surface area (Å²) in [6.07, 6.45) is 0. The first-order chi connectivity index (χ1) is 11.8. The molecule has 1 fully saturated rings. The molecular formula is C19H19Cl2NO3. The Bertz CT molecular complexity index is 759. The molecule has 1 saturated heterocycles. The number of hydrogen-bond donors (Lipinski definition) is 3. The zero-order valence-corrected chi connectivity index (χ0v) is 15.3. The number of phenols is 2. The molecule has 0 aliphatic carbocycles. The highest BCUT2D eigenvalue weighted by atomic mass is 35.5. The van der Waals surface area contributed by atoms with Gasteiger partial charge in [0.25, 0.3) is 0 Å². The minimum absolute atomic E-state index is 0.0486. The second-order valence-corrected chi connectivity index (χ2v) is 7.38.